The van der Waals surface area contributed by atoms with Crippen LogP contribution in [0.1, 0.15) is 11.1 Å². The van der Waals surface area contributed by atoms with Gasteiger partial charge in [-0.1, -0.05) is 30.3 Å². The Morgan fingerprint density at radius 3 is 2.62 bits per heavy atom. The fourth-order valence-electron chi connectivity index (χ4n) is 1.83. The standard InChI is InChI=1S/C16H13FN2OS/c17-13-8-12(10-18)6-7-14(13)19-16(20)15(21)9-11-4-2-1-3-5-11/h1-8,15,21H,9H2,(H,19,20). The molecule has 2 aromatic rings. The SMILES string of the molecule is N#Cc1ccc(NC(=O)C(S)Cc2ccccc2)c(F)c1. The van der Waals surface area contributed by atoms with Gasteiger partial charge < -0.3 is 5.32 Å². The van der Waals surface area contributed by atoms with Crippen molar-refractivity contribution in [2.75, 3.05) is 5.32 Å². The zero-order valence-corrected chi connectivity index (χ0v) is 12.0. The van der Waals surface area contributed by atoms with Crippen LogP contribution in [0.25, 0.3) is 0 Å². The van der Waals surface area contributed by atoms with Gasteiger partial charge in [-0.15, -0.1) is 0 Å². The fourth-order valence-corrected chi connectivity index (χ4v) is 2.11. The average Bonchev–Trinajstić information content (AvgIpc) is 2.50. The molecule has 5 heteroatoms. The topological polar surface area (TPSA) is 52.9 Å². The van der Waals surface area contributed by atoms with Crippen LogP contribution < -0.4 is 5.32 Å². The van der Waals surface area contributed by atoms with Gasteiger partial charge in [-0.05, 0) is 30.2 Å². The fraction of sp³-hybridized carbons (Fsp3) is 0.125. The van der Waals surface area contributed by atoms with Crippen molar-refractivity contribution in [3.63, 3.8) is 0 Å². The van der Waals surface area contributed by atoms with Gasteiger partial charge in [0.25, 0.3) is 0 Å². The minimum absolute atomic E-state index is 0.0473. The molecule has 0 aliphatic heterocycles. The van der Waals surface area contributed by atoms with Crippen LogP contribution in [0.2, 0.25) is 0 Å². The molecule has 0 radical (unpaired) electrons. The van der Waals surface area contributed by atoms with Crippen molar-refractivity contribution in [1.29, 1.82) is 5.26 Å². The Kier molecular flexibility index (Phi) is 4.96. The maximum Gasteiger partial charge on any atom is 0.237 e. The molecule has 21 heavy (non-hydrogen) atoms. The first kappa shape index (κ1) is 15.1. The highest BCUT2D eigenvalue weighted by Gasteiger charge is 2.16. The molecule has 0 saturated heterocycles. The number of anilines is 1. The molecule has 0 bridgehead atoms. The second-order valence-corrected chi connectivity index (χ2v) is 5.12. The molecule has 1 amide bonds. The molecule has 1 unspecified atom stereocenters. The normalized spacial score (nSPS) is 11.5. The predicted molar refractivity (Wildman–Crippen MR) is 82.7 cm³/mol. The van der Waals surface area contributed by atoms with E-state index in [4.69, 9.17) is 5.26 Å². The highest BCUT2D eigenvalue weighted by Crippen LogP contribution is 2.17. The van der Waals surface area contributed by atoms with Crippen LogP contribution in [0.3, 0.4) is 0 Å². The summed E-state index contributed by atoms with van der Waals surface area (Å²) >= 11 is 4.25. The van der Waals surface area contributed by atoms with Crippen molar-refractivity contribution in [3.05, 3.63) is 65.5 Å². The van der Waals surface area contributed by atoms with Gasteiger partial charge in [0.2, 0.25) is 5.91 Å². The summed E-state index contributed by atoms with van der Waals surface area (Å²) in [6.07, 6.45) is 0.452. The summed E-state index contributed by atoms with van der Waals surface area (Å²) in [5.74, 6) is -1.02. The number of rotatable bonds is 4. The van der Waals surface area contributed by atoms with E-state index in [2.05, 4.69) is 17.9 Å². The highest BCUT2D eigenvalue weighted by molar-refractivity contribution is 7.81. The van der Waals surface area contributed by atoms with Gasteiger partial charge in [0.05, 0.1) is 22.6 Å². The van der Waals surface area contributed by atoms with Gasteiger partial charge in [-0.2, -0.15) is 17.9 Å². The largest absolute Gasteiger partial charge is 0.323 e. The smallest absolute Gasteiger partial charge is 0.237 e. The van der Waals surface area contributed by atoms with E-state index in [9.17, 15) is 9.18 Å². The second kappa shape index (κ2) is 6.91. The van der Waals surface area contributed by atoms with Crippen molar-refractivity contribution in [2.45, 2.75) is 11.7 Å². The molecule has 1 N–H and O–H groups in total. The first-order valence-electron chi connectivity index (χ1n) is 6.32. The number of amides is 1. The lowest BCUT2D eigenvalue weighted by Gasteiger charge is -2.12. The van der Waals surface area contributed by atoms with Crippen LogP contribution in [0.15, 0.2) is 48.5 Å². The molecule has 0 saturated carbocycles. The van der Waals surface area contributed by atoms with E-state index >= 15 is 0 Å². The lowest BCUT2D eigenvalue weighted by atomic mass is 10.1. The van der Waals surface area contributed by atoms with Gasteiger partial charge in [0, 0.05) is 0 Å². The number of carbonyl (C=O) groups is 1. The summed E-state index contributed by atoms with van der Waals surface area (Å²) in [6.45, 7) is 0. The second-order valence-electron chi connectivity index (χ2n) is 4.50. The number of nitrogens with zero attached hydrogens (tertiary/aromatic N) is 1. The van der Waals surface area contributed by atoms with Gasteiger partial charge in [0.15, 0.2) is 0 Å². The molecule has 2 aromatic carbocycles. The van der Waals surface area contributed by atoms with Gasteiger partial charge in [0.1, 0.15) is 5.82 Å². The zero-order chi connectivity index (χ0) is 15.2. The van der Waals surface area contributed by atoms with E-state index in [1.807, 2.05) is 36.4 Å². The Morgan fingerprint density at radius 1 is 1.29 bits per heavy atom. The minimum Gasteiger partial charge on any atom is -0.323 e. The van der Waals surface area contributed by atoms with Crippen molar-refractivity contribution < 1.29 is 9.18 Å². The maximum atomic E-state index is 13.7. The van der Waals surface area contributed by atoms with Crippen LogP contribution >= 0.6 is 12.6 Å². The van der Waals surface area contributed by atoms with Crippen LogP contribution in [0.5, 0.6) is 0 Å². The third-order valence-corrected chi connectivity index (χ3v) is 3.35. The number of nitriles is 1. The maximum absolute atomic E-state index is 13.7. The minimum atomic E-state index is -0.636. The Morgan fingerprint density at radius 2 is 2.00 bits per heavy atom. The molecule has 0 heterocycles. The summed E-state index contributed by atoms with van der Waals surface area (Å²) in [7, 11) is 0. The van der Waals surface area contributed by atoms with Crippen molar-refractivity contribution in [2.24, 2.45) is 0 Å². The number of hydrogen-bond acceptors (Lipinski definition) is 3. The van der Waals surface area contributed by atoms with E-state index < -0.39 is 11.1 Å². The number of hydrogen-bond donors (Lipinski definition) is 2. The van der Waals surface area contributed by atoms with Crippen LogP contribution in [-0.4, -0.2) is 11.2 Å². The lowest BCUT2D eigenvalue weighted by molar-refractivity contribution is -0.115. The average molecular weight is 300 g/mol. The van der Waals surface area contributed by atoms with Gasteiger partial charge in [-0.25, -0.2) is 4.39 Å². The van der Waals surface area contributed by atoms with Crippen LogP contribution in [0, 0.1) is 17.1 Å². The molecule has 0 fully saturated rings. The van der Waals surface area contributed by atoms with E-state index in [1.54, 1.807) is 0 Å². The van der Waals surface area contributed by atoms with E-state index in [0.29, 0.717) is 6.42 Å². The number of halogens is 1. The Bertz CT molecular complexity index is 682. The zero-order valence-electron chi connectivity index (χ0n) is 11.1. The number of nitrogens with one attached hydrogen (secondary N) is 1. The van der Waals surface area contributed by atoms with E-state index in [1.165, 1.54) is 12.1 Å². The molecule has 2 rings (SSSR count). The Balaban J connectivity index is 2.03. The molecule has 0 spiro atoms. The summed E-state index contributed by atoms with van der Waals surface area (Å²) in [6, 6.07) is 15.2. The molecule has 106 valence electrons. The molecule has 0 aliphatic carbocycles. The van der Waals surface area contributed by atoms with Crippen molar-refractivity contribution in [3.8, 4) is 6.07 Å². The molecule has 0 aliphatic rings. The van der Waals surface area contributed by atoms with Gasteiger partial charge in [-0.3, -0.25) is 4.79 Å². The van der Waals surface area contributed by atoms with Crippen LogP contribution in [0.4, 0.5) is 10.1 Å². The monoisotopic (exact) mass is 300 g/mol. The first-order valence-corrected chi connectivity index (χ1v) is 6.84. The van der Waals surface area contributed by atoms with E-state index in [-0.39, 0.29) is 17.2 Å². The molecular formula is C16H13FN2OS. The number of benzene rings is 2. The molecule has 3 nitrogen and oxygen atoms in total. The highest BCUT2D eigenvalue weighted by atomic mass is 32.1. The first-order chi connectivity index (χ1) is 10.1. The third-order valence-electron chi connectivity index (χ3n) is 2.93. The Labute approximate surface area is 127 Å². The third kappa shape index (κ3) is 4.07. The van der Waals surface area contributed by atoms with Crippen LogP contribution in [-0.2, 0) is 11.2 Å². The lowest BCUT2D eigenvalue weighted by Crippen LogP contribution is -2.25. The Hall–Kier alpha value is -2.32. The summed E-state index contributed by atoms with van der Waals surface area (Å²) in [4.78, 5) is 12.0. The molecule has 0 aromatic heterocycles. The van der Waals surface area contributed by atoms with Crippen molar-refractivity contribution >= 4 is 24.2 Å². The van der Waals surface area contributed by atoms with E-state index in [0.717, 1.165) is 11.6 Å². The summed E-state index contributed by atoms with van der Waals surface area (Å²) < 4.78 is 13.7. The quantitative estimate of drug-likeness (QED) is 0.852. The summed E-state index contributed by atoms with van der Waals surface area (Å²) in [5, 5.41) is 10.6. The predicted octanol–water partition coefficient (Wildman–Crippen LogP) is 3.18. The number of carbonyl (C=O) groups excluding carboxylic acids is 1. The van der Waals surface area contributed by atoms with Crippen molar-refractivity contribution in [1.82, 2.24) is 0 Å². The van der Waals surface area contributed by atoms with Gasteiger partial charge >= 0.3 is 0 Å². The summed E-state index contributed by atoms with van der Waals surface area (Å²) in [5.41, 5.74) is 1.23. The number of thiol groups is 1. The molecular weight excluding hydrogens is 287 g/mol. The molecule has 1 atom stereocenters.